The fourth-order valence-corrected chi connectivity index (χ4v) is 3.36. The van der Waals surface area contributed by atoms with Gasteiger partial charge < -0.3 is 10.4 Å². The number of halogens is 2. The molecule has 4 heteroatoms. The number of hydrogen-bond donors (Lipinski definition) is 2. The average molecular weight is 344 g/mol. The standard InChI is InChI=1S/C16H23BrFNO/c1-12(13-5-6-15(18)14(17)9-13)19-10-16(11-20)7-3-2-4-8-16/h5-6,9,12,19-20H,2-4,7-8,10-11H2,1H3. The molecule has 1 fully saturated rings. The van der Waals surface area contributed by atoms with E-state index >= 15 is 0 Å². The molecule has 0 aliphatic heterocycles. The molecule has 2 nitrogen and oxygen atoms in total. The van der Waals surface area contributed by atoms with Crippen LogP contribution in [0.15, 0.2) is 22.7 Å². The van der Waals surface area contributed by atoms with Gasteiger partial charge in [0.05, 0.1) is 4.47 Å². The summed E-state index contributed by atoms with van der Waals surface area (Å²) in [4.78, 5) is 0. The van der Waals surface area contributed by atoms with Crippen molar-refractivity contribution in [3.8, 4) is 0 Å². The molecule has 0 aromatic heterocycles. The molecule has 1 aromatic rings. The molecule has 2 rings (SSSR count). The minimum Gasteiger partial charge on any atom is -0.396 e. The van der Waals surface area contributed by atoms with E-state index in [1.54, 1.807) is 0 Å². The second kappa shape index (κ2) is 7.01. The average Bonchev–Trinajstić information content (AvgIpc) is 2.48. The van der Waals surface area contributed by atoms with Gasteiger partial charge >= 0.3 is 0 Å². The van der Waals surface area contributed by atoms with Crippen LogP contribution in [0.1, 0.15) is 50.6 Å². The van der Waals surface area contributed by atoms with Crippen LogP contribution in [0.25, 0.3) is 0 Å². The Kier molecular flexibility index (Phi) is 5.58. The summed E-state index contributed by atoms with van der Waals surface area (Å²) in [6.45, 7) is 3.15. The second-order valence-corrected chi connectivity index (χ2v) is 6.85. The van der Waals surface area contributed by atoms with Crippen LogP contribution < -0.4 is 5.32 Å². The normalized spacial score (nSPS) is 19.8. The molecule has 1 saturated carbocycles. The van der Waals surface area contributed by atoms with Crippen LogP contribution in [0, 0.1) is 11.2 Å². The van der Waals surface area contributed by atoms with Crippen molar-refractivity contribution in [1.82, 2.24) is 5.32 Å². The lowest BCUT2D eigenvalue weighted by Crippen LogP contribution is -2.40. The van der Waals surface area contributed by atoms with E-state index in [-0.39, 0.29) is 23.9 Å². The number of aliphatic hydroxyl groups is 1. The van der Waals surface area contributed by atoms with Gasteiger partial charge in [-0.2, -0.15) is 0 Å². The maximum Gasteiger partial charge on any atom is 0.137 e. The molecule has 1 aromatic carbocycles. The van der Waals surface area contributed by atoms with Gasteiger partial charge in [0.15, 0.2) is 0 Å². The first kappa shape index (κ1) is 15.9. The summed E-state index contributed by atoms with van der Waals surface area (Å²) in [6, 6.07) is 5.27. The van der Waals surface area contributed by atoms with Crippen molar-refractivity contribution < 1.29 is 9.50 Å². The SMILES string of the molecule is CC(NCC1(CO)CCCCC1)c1ccc(F)c(Br)c1. The summed E-state index contributed by atoms with van der Waals surface area (Å²) in [7, 11) is 0. The molecule has 0 bridgehead atoms. The maximum absolute atomic E-state index is 13.3. The van der Waals surface area contributed by atoms with Gasteiger partial charge in [0.1, 0.15) is 5.82 Å². The quantitative estimate of drug-likeness (QED) is 0.840. The molecule has 0 amide bonds. The number of rotatable bonds is 5. The Balaban J connectivity index is 1.96. The van der Waals surface area contributed by atoms with Crippen LogP contribution in [-0.2, 0) is 0 Å². The number of nitrogens with one attached hydrogen (secondary N) is 1. The van der Waals surface area contributed by atoms with Crippen LogP contribution in [0.3, 0.4) is 0 Å². The Morgan fingerprint density at radius 3 is 2.65 bits per heavy atom. The zero-order valence-corrected chi connectivity index (χ0v) is 13.5. The lowest BCUT2D eigenvalue weighted by molar-refractivity contribution is 0.0789. The van der Waals surface area contributed by atoms with Crippen molar-refractivity contribution in [3.05, 3.63) is 34.1 Å². The van der Waals surface area contributed by atoms with E-state index in [1.807, 2.05) is 12.1 Å². The molecular formula is C16H23BrFNO. The van der Waals surface area contributed by atoms with Crippen molar-refractivity contribution in [2.24, 2.45) is 5.41 Å². The van der Waals surface area contributed by atoms with Gasteiger partial charge in [-0.05, 0) is 53.4 Å². The molecular weight excluding hydrogens is 321 g/mol. The molecule has 2 N–H and O–H groups in total. The van der Waals surface area contributed by atoms with Crippen molar-refractivity contribution >= 4 is 15.9 Å². The summed E-state index contributed by atoms with van der Waals surface area (Å²) in [5, 5.41) is 13.2. The predicted octanol–water partition coefficient (Wildman–Crippen LogP) is 4.18. The van der Waals surface area contributed by atoms with Crippen LogP contribution in [0.5, 0.6) is 0 Å². The van der Waals surface area contributed by atoms with Crippen LogP contribution >= 0.6 is 15.9 Å². The molecule has 0 heterocycles. The molecule has 112 valence electrons. The highest BCUT2D eigenvalue weighted by atomic mass is 79.9. The highest BCUT2D eigenvalue weighted by molar-refractivity contribution is 9.10. The summed E-state index contributed by atoms with van der Waals surface area (Å²) >= 11 is 3.22. The van der Waals surface area contributed by atoms with Crippen molar-refractivity contribution in [2.75, 3.05) is 13.2 Å². The Bertz CT molecular complexity index is 446. The summed E-state index contributed by atoms with van der Waals surface area (Å²) in [6.07, 6.45) is 5.88. The van der Waals surface area contributed by atoms with Crippen LogP contribution in [0.2, 0.25) is 0 Å². The minimum atomic E-state index is -0.236. The number of benzene rings is 1. The first-order valence-electron chi connectivity index (χ1n) is 7.35. The largest absolute Gasteiger partial charge is 0.396 e. The van der Waals surface area contributed by atoms with Crippen LogP contribution in [0.4, 0.5) is 4.39 Å². The third kappa shape index (κ3) is 3.80. The second-order valence-electron chi connectivity index (χ2n) is 5.99. The van der Waals surface area contributed by atoms with Gasteiger partial charge in [-0.25, -0.2) is 4.39 Å². The molecule has 1 aliphatic carbocycles. The lowest BCUT2D eigenvalue weighted by atomic mass is 9.74. The van der Waals surface area contributed by atoms with Gasteiger partial charge in [-0.3, -0.25) is 0 Å². The molecule has 1 aliphatic rings. The Morgan fingerprint density at radius 1 is 1.35 bits per heavy atom. The van der Waals surface area contributed by atoms with Crippen molar-refractivity contribution in [3.63, 3.8) is 0 Å². The first-order chi connectivity index (χ1) is 9.56. The molecule has 1 unspecified atom stereocenters. The van der Waals surface area contributed by atoms with Crippen molar-refractivity contribution in [2.45, 2.75) is 45.1 Å². The third-order valence-electron chi connectivity index (χ3n) is 4.48. The van der Waals surface area contributed by atoms with E-state index in [0.717, 1.165) is 24.9 Å². The molecule has 1 atom stereocenters. The topological polar surface area (TPSA) is 32.3 Å². The zero-order chi connectivity index (χ0) is 14.6. The Labute approximate surface area is 128 Å². The van der Waals surface area contributed by atoms with Gasteiger partial charge in [0.25, 0.3) is 0 Å². The Morgan fingerprint density at radius 2 is 2.05 bits per heavy atom. The van der Waals surface area contributed by atoms with E-state index in [4.69, 9.17) is 0 Å². The number of aliphatic hydroxyl groups excluding tert-OH is 1. The van der Waals surface area contributed by atoms with E-state index in [2.05, 4.69) is 28.2 Å². The fraction of sp³-hybridized carbons (Fsp3) is 0.625. The molecule has 0 saturated heterocycles. The molecule has 0 spiro atoms. The van der Waals surface area contributed by atoms with E-state index in [1.165, 1.54) is 25.3 Å². The summed E-state index contributed by atoms with van der Waals surface area (Å²) < 4.78 is 13.8. The van der Waals surface area contributed by atoms with Gasteiger partial charge in [0.2, 0.25) is 0 Å². The highest BCUT2D eigenvalue weighted by Gasteiger charge is 2.31. The maximum atomic E-state index is 13.3. The first-order valence-corrected chi connectivity index (χ1v) is 8.15. The zero-order valence-electron chi connectivity index (χ0n) is 12.0. The number of hydrogen-bond acceptors (Lipinski definition) is 2. The smallest absolute Gasteiger partial charge is 0.137 e. The van der Waals surface area contributed by atoms with Gasteiger partial charge in [-0.1, -0.05) is 25.3 Å². The summed E-state index contributed by atoms with van der Waals surface area (Å²) in [5.74, 6) is -0.236. The Hall–Kier alpha value is -0.450. The molecule has 20 heavy (non-hydrogen) atoms. The monoisotopic (exact) mass is 343 g/mol. The summed E-state index contributed by atoms with van der Waals surface area (Å²) in [5.41, 5.74) is 1.09. The van der Waals surface area contributed by atoms with Gasteiger partial charge in [0, 0.05) is 24.6 Å². The van der Waals surface area contributed by atoms with E-state index < -0.39 is 0 Å². The van der Waals surface area contributed by atoms with E-state index in [0.29, 0.717) is 4.47 Å². The third-order valence-corrected chi connectivity index (χ3v) is 5.08. The lowest BCUT2D eigenvalue weighted by Gasteiger charge is -2.36. The van der Waals surface area contributed by atoms with Crippen LogP contribution in [-0.4, -0.2) is 18.3 Å². The predicted molar refractivity (Wildman–Crippen MR) is 83.1 cm³/mol. The van der Waals surface area contributed by atoms with Crippen molar-refractivity contribution in [1.29, 1.82) is 0 Å². The van der Waals surface area contributed by atoms with E-state index in [9.17, 15) is 9.50 Å². The highest BCUT2D eigenvalue weighted by Crippen LogP contribution is 2.35. The fourth-order valence-electron chi connectivity index (χ4n) is 2.96. The minimum absolute atomic E-state index is 0.0315. The molecule has 0 radical (unpaired) electrons. The van der Waals surface area contributed by atoms with Gasteiger partial charge in [-0.15, -0.1) is 0 Å².